The number of carbonyl (C=O) groups is 1. The van der Waals surface area contributed by atoms with Crippen molar-refractivity contribution in [2.75, 3.05) is 39.8 Å². The largest absolute Gasteiger partial charge is 0.443 e. The third-order valence-corrected chi connectivity index (χ3v) is 11.0. The molecule has 286 valence electrons. The fraction of sp³-hybridized carbons (Fsp3) is 0.410. The smallest absolute Gasteiger partial charge is 0.434 e. The van der Waals surface area contributed by atoms with Crippen LogP contribution in [0.4, 0.5) is 19.0 Å². The molecule has 4 atom stereocenters. The Bertz CT molecular complexity index is 2360. The minimum Gasteiger partial charge on any atom is -0.443 e. The van der Waals surface area contributed by atoms with E-state index in [1.165, 1.54) is 37.1 Å². The lowest BCUT2D eigenvalue weighted by Gasteiger charge is -2.30. The van der Waals surface area contributed by atoms with Crippen LogP contribution in [0, 0.1) is 11.7 Å². The van der Waals surface area contributed by atoms with E-state index in [9.17, 15) is 14.3 Å². The number of amides is 1. The van der Waals surface area contributed by atoms with E-state index in [-0.39, 0.29) is 59.8 Å². The summed E-state index contributed by atoms with van der Waals surface area (Å²) in [6, 6.07) is 10.7. The molecule has 3 aliphatic rings. The van der Waals surface area contributed by atoms with E-state index in [1.54, 1.807) is 36.0 Å². The standard InChI is InChI=1S/C39H39ClF3N8O4/c1-38(2,53)36-45-29(55-48-36)11-12-30(52)50-18-23(28(42)20-50)17-49(3)35-26-16-44-33(25-9-4-7-22-8-5-10-27(40)31(22)25)32(43)34(26)46-37(47-35)54-21-39-13-6-14-51(39)19-24(41)15-39/h4-5,7-12,16-17,23-24,28,53H,6,13-15,18-21H2,1-3H3/q+1/b12-11+,49-17+/t23?,24-,28-,39+/m1/s1. The molecule has 0 radical (unpaired) electrons. The number of nitrogens with zero attached hydrogens (tertiary/aromatic N) is 8. The molecule has 3 aromatic heterocycles. The summed E-state index contributed by atoms with van der Waals surface area (Å²) in [4.78, 5) is 34.3. The monoisotopic (exact) mass is 775 g/mol. The van der Waals surface area contributed by atoms with Crippen molar-refractivity contribution in [1.82, 2.24) is 34.9 Å². The van der Waals surface area contributed by atoms with Crippen LogP contribution in [0.5, 0.6) is 6.01 Å². The molecular formula is C39H39ClF3N8O4+. The molecule has 1 unspecified atom stereocenters. The van der Waals surface area contributed by atoms with Gasteiger partial charge in [-0.3, -0.25) is 14.7 Å². The number of likely N-dealkylation sites (tertiary alicyclic amines) is 1. The maximum Gasteiger partial charge on any atom is 0.434 e. The summed E-state index contributed by atoms with van der Waals surface area (Å²) >= 11 is 6.60. The second kappa shape index (κ2) is 14.3. The molecule has 8 rings (SSSR count). The Morgan fingerprint density at radius 1 is 1.16 bits per heavy atom. The Morgan fingerprint density at radius 2 is 1.96 bits per heavy atom. The van der Waals surface area contributed by atoms with Crippen molar-refractivity contribution in [2.24, 2.45) is 5.92 Å². The zero-order valence-electron chi connectivity index (χ0n) is 30.4. The van der Waals surface area contributed by atoms with Crippen LogP contribution in [0.3, 0.4) is 0 Å². The second-order valence-corrected chi connectivity index (χ2v) is 15.5. The summed E-state index contributed by atoms with van der Waals surface area (Å²) in [6.07, 6.45) is 5.18. The third-order valence-electron chi connectivity index (χ3n) is 10.7. The predicted molar refractivity (Wildman–Crippen MR) is 199 cm³/mol. The second-order valence-electron chi connectivity index (χ2n) is 15.1. The quantitative estimate of drug-likeness (QED) is 0.107. The molecule has 6 heterocycles. The predicted octanol–water partition coefficient (Wildman–Crippen LogP) is 6.06. The first-order valence-corrected chi connectivity index (χ1v) is 18.5. The van der Waals surface area contributed by atoms with Crippen LogP contribution >= 0.6 is 11.6 Å². The highest BCUT2D eigenvalue weighted by atomic mass is 35.5. The van der Waals surface area contributed by atoms with Gasteiger partial charge in [0.05, 0.1) is 31.3 Å². The number of pyridine rings is 1. The van der Waals surface area contributed by atoms with Gasteiger partial charge in [0, 0.05) is 58.8 Å². The summed E-state index contributed by atoms with van der Waals surface area (Å²) in [7, 11) is 1.65. The number of halogens is 4. The van der Waals surface area contributed by atoms with Gasteiger partial charge < -0.3 is 19.3 Å². The maximum atomic E-state index is 16.8. The van der Waals surface area contributed by atoms with Crippen LogP contribution in [0.1, 0.15) is 44.8 Å². The van der Waals surface area contributed by atoms with Crippen LogP contribution in [0.25, 0.3) is 39.0 Å². The van der Waals surface area contributed by atoms with Crippen molar-refractivity contribution < 1.29 is 36.9 Å². The molecule has 3 saturated heterocycles. The minimum atomic E-state index is -1.42. The molecule has 2 aromatic carbocycles. The van der Waals surface area contributed by atoms with Gasteiger partial charge in [-0.05, 0) is 44.7 Å². The number of carbonyl (C=O) groups excluding carboxylic acids is 1. The molecule has 0 saturated carbocycles. The van der Waals surface area contributed by atoms with Gasteiger partial charge in [0.15, 0.2) is 5.82 Å². The number of rotatable bonds is 9. The Hall–Kier alpha value is -4.99. The minimum absolute atomic E-state index is 0.0169. The number of hydrogen-bond donors (Lipinski definition) is 1. The highest BCUT2D eigenvalue weighted by Crippen LogP contribution is 2.41. The fourth-order valence-corrected chi connectivity index (χ4v) is 8.23. The molecule has 1 N–H and O–H groups in total. The van der Waals surface area contributed by atoms with Gasteiger partial charge in [-0.25, -0.2) is 17.7 Å². The molecule has 55 heavy (non-hydrogen) atoms. The van der Waals surface area contributed by atoms with Gasteiger partial charge in [0.1, 0.15) is 41.1 Å². The van der Waals surface area contributed by atoms with Crippen molar-refractivity contribution in [2.45, 2.75) is 56.6 Å². The van der Waals surface area contributed by atoms with Gasteiger partial charge in [0.2, 0.25) is 11.7 Å². The van der Waals surface area contributed by atoms with E-state index < -0.39 is 41.1 Å². The van der Waals surface area contributed by atoms with Gasteiger partial charge in [-0.15, -0.1) is 0 Å². The number of fused-ring (bicyclic) bond motifs is 3. The van der Waals surface area contributed by atoms with E-state index in [1.807, 2.05) is 18.2 Å². The average molecular weight is 776 g/mol. The van der Waals surface area contributed by atoms with Gasteiger partial charge >= 0.3 is 11.8 Å². The molecule has 5 aromatic rings. The molecule has 0 spiro atoms. The van der Waals surface area contributed by atoms with E-state index in [0.717, 1.165) is 24.8 Å². The van der Waals surface area contributed by atoms with Gasteiger partial charge in [-0.1, -0.05) is 47.1 Å². The molecule has 0 bridgehead atoms. The molecule has 3 fully saturated rings. The maximum absolute atomic E-state index is 16.8. The number of aliphatic hydroxyl groups is 1. The van der Waals surface area contributed by atoms with Crippen LogP contribution < -0.4 is 4.74 Å². The van der Waals surface area contributed by atoms with Crippen LogP contribution in [-0.4, -0.2) is 114 Å². The number of hydrogen-bond acceptors (Lipinski definition) is 10. The van der Waals surface area contributed by atoms with E-state index in [2.05, 4.69) is 30.0 Å². The lowest BCUT2D eigenvalue weighted by Crippen LogP contribution is -2.43. The third kappa shape index (κ3) is 7.04. The first-order valence-electron chi connectivity index (χ1n) is 18.1. The molecule has 12 nitrogen and oxygen atoms in total. The van der Waals surface area contributed by atoms with Crippen molar-refractivity contribution >= 4 is 57.3 Å². The summed E-state index contributed by atoms with van der Waals surface area (Å²) in [5.41, 5.74) is -1.39. The Labute approximate surface area is 319 Å². The van der Waals surface area contributed by atoms with Crippen LogP contribution in [0.2, 0.25) is 5.02 Å². The molecule has 1 amide bonds. The average Bonchev–Trinajstić information content (AvgIpc) is 3.93. The van der Waals surface area contributed by atoms with Crippen molar-refractivity contribution in [3.63, 3.8) is 0 Å². The van der Waals surface area contributed by atoms with E-state index in [4.69, 9.17) is 20.9 Å². The summed E-state index contributed by atoms with van der Waals surface area (Å²) in [5.74, 6) is -1.65. The number of aromatic nitrogens is 5. The Kier molecular flexibility index (Phi) is 9.58. The zero-order valence-corrected chi connectivity index (χ0v) is 31.2. The van der Waals surface area contributed by atoms with Gasteiger partial charge in [0.25, 0.3) is 5.89 Å². The first kappa shape index (κ1) is 37.0. The van der Waals surface area contributed by atoms with Crippen molar-refractivity contribution in [1.29, 1.82) is 0 Å². The molecular weight excluding hydrogens is 737 g/mol. The van der Waals surface area contributed by atoms with E-state index >= 15 is 8.78 Å². The SMILES string of the molecule is C/[N+](=C\C1CN(C(=O)/C=C/c2nc(C(C)(C)O)no2)C[C@H]1F)c1nc(OC[C@@]23CCCN2C[C@H](F)C3)nc2c(F)c(-c3cccc4cccc(Cl)c34)ncc12. The zero-order chi connectivity index (χ0) is 38.6. The molecule has 3 aliphatic heterocycles. The van der Waals surface area contributed by atoms with E-state index in [0.29, 0.717) is 28.9 Å². The Balaban J connectivity index is 1.12. The highest BCUT2D eigenvalue weighted by molar-refractivity contribution is 6.36. The van der Waals surface area contributed by atoms with Gasteiger partial charge in [-0.2, -0.15) is 9.97 Å². The lowest BCUT2D eigenvalue weighted by atomic mass is 9.95. The first-order chi connectivity index (χ1) is 26.3. The van der Waals surface area contributed by atoms with Crippen molar-refractivity contribution in [3.8, 4) is 17.3 Å². The summed E-state index contributed by atoms with van der Waals surface area (Å²) in [5, 5.41) is 15.9. The van der Waals surface area contributed by atoms with Crippen LogP contribution in [0.15, 0.2) is 53.2 Å². The number of benzene rings is 2. The molecule has 16 heteroatoms. The summed E-state index contributed by atoms with van der Waals surface area (Å²) < 4.78 is 59.8. The van der Waals surface area contributed by atoms with Crippen LogP contribution in [-0.2, 0) is 10.4 Å². The highest BCUT2D eigenvalue weighted by Gasteiger charge is 2.49. The fourth-order valence-electron chi connectivity index (χ4n) is 7.95. The number of ether oxygens (including phenoxy) is 1. The van der Waals surface area contributed by atoms with Crippen molar-refractivity contribution in [3.05, 3.63) is 71.2 Å². The normalized spacial score (nSPS) is 23.5. The summed E-state index contributed by atoms with van der Waals surface area (Å²) in [6.45, 7) is 4.10. The number of alkyl halides is 2. The Morgan fingerprint density at radius 3 is 2.75 bits per heavy atom. The molecule has 0 aliphatic carbocycles. The lowest BCUT2D eigenvalue weighted by molar-refractivity contribution is -0.405. The topological polar surface area (TPSA) is 134 Å².